The molecule has 0 saturated carbocycles. The van der Waals surface area contributed by atoms with Gasteiger partial charge in [0.05, 0.1) is 0 Å². The number of benzene rings is 1. The van der Waals surface area contributed by atoms with Crippen molar-refractivity contribution in [1.29, 1.82) is 0 Å². The lowest BCUT2D eigenvalue weighted by Gasteiger charge is -2.17. The fraction of sp³-hybridized carbons (Fsp3) is 0.591. The fourth-order valence-electron chi connectivity index (χ4n) is 2.28. The summed E-state index contributed by atoms with van der Waals surface area (Å²) in [5.74, 6) is 0. The molecule has 0 aromatic heterocycles. The zero-order valence-corrected chi connectivity index (χ0v) is 14.6. The molecule has 1 aliphatic heterocycles. The van der Waals surface area contributed by atoms with Crippen LogP contribution >= 0.6 is 0 Å². The number of aliphatic imine (C=N–C) groups is 1. The maximum absolute atomic E-state index is 4.26. The van der Waals surface area contributed by atoms with Crippen LogP contribution in [0.5, 0.6) is 0 Å². The van der Waals surface area contributed by atoms with Crippen LogP contribution in [0.15, 0.2) is 47.1 Å². The smallest absolute Gasteiger partial charge is 0.0368 e. The van der Waals surface area contributed by atoms with E-state index in [0.717, 1.165) is 19.3 Å². The van der Waals surface area contributed by atoms with Crippen molar-refractivity contribution in [1.82, 2.24) is 0 Å². The molecular formula is C22H39N. The summed E-state index contributed by atoms with van der Waals surface area (Å²) in [5.41, 5.74) is 3.47. The molecule has 0 atom stereocenters. The zero-order valence-electron chi connectivity index (χ0n) is 14.6. The summed E-state index contributed by atoms with van der Waals surface area (Å²) >= 11 is 0. The molecule has 0 radical (unpaired) electrons. The first-order chi connectivity index (χ1) is 9.66. The van der Waals surface area contributed by atoms with Gasteiger partial charge in [0.15, 0.2) is 0 Å². The van der Waals surface area contributed by atoms with E-state index in [1.807, 2.05) is 6.21 Å². The highest BCUT2D eigenvalue weighted by atomic mass is 14.7. The number of allylic oxidation sites excluding steroid dienone is 2. The molecule has 0 bridgehead atoms. The fourth-order valence-corrected chi connectivity index (χ4v) is 2.28. The largest absolute Gasteiger partial charge is 0.266 e. The van der Waals surface area contributed by atoms with Crippen LogP contribution in [0.2, 0.25) is 0 Å². The molecule has 1 aromatic rings. The van der Waals surface area contributed by atoms with Gasteiger partial charge < -0.3 is 0 Å². The zero-order chi connectivity index (χ0) is 15.9. The van der Waals surface area contributed by atoms with Crippen LogP contribution in [0.4, 0.5) is 0 Å². The maximum Gasteiger partial charge on any atom is 0.0368 e. The molecule has 1 heteroatoms. The summed E-state index contributed by atoms with van der Waals surface area (Å²) in [6.07, 6.45) is 7.47. The van der Waals surface area contributed by atoms with Crippen LogP contribution in [0.1, 0.15) is 74.8 Å². The molecular weight excluding hydrogens is 278 g/mol. The molecule has 23 heavy (non-hydrogen) atoms. The molecule has 0 N–H and O–H groups in total. The van der Waals surface area contributed by atoms with Gasteiger partial charge in [-0.15, -0.1) is 0 Å². The molecule has 1 aliphatic rings. The highest BCUT2D eigenvalue weighted by Gasteiger charge is 2.13. The average molecular weight is 318 g/mol. The average Bonchev–Trinajstić information content (AvgIpc) is 2.79. The Balaban J connectivity index is 0. The van der Waals surface area contributed by atoms with Crippen molar-refractivity contribution in [3.8, 4) is 0 Å². The van der Waals surface area contributed by atoms with Crippen molar-refractivity contribution in [2.45, 2.75) is 75.7 Å². The molecule has 2 rings (SSSR count). The Morgan fingerprint density at radius 1 is 0.826 bits per heavy atom. The highest BCUT2D eigenvalue weighted by molar-refractivity contribution is 5.64. The Hall–Kier alpha value is -1.37. The van der Waals surface area contributed by atoms with Crippen molar-refractivity contribution >= 4 is 6.21 Å². The van der Waals surface area contributed by atoms with E-state index in [4.69, 9.17) is 0 Å². The lowest BCUT2D eigenvalue weighted by atomic mass is 9.88. The van der Waals surface area contributed by atoms with Crippen LogP contribution in [-0.2, 0) is 6.42 Å². The molecule has 0 unspecified atom stereocenters. The van der Waals surface area contributed by atoms with Crippen molar-refractivity contribution in [3.05, 3.63) is 47.7 Å². The minimum absolute atomic E-state index is 0. The summed E-state index contributed by atoms with van der Waals surface area (Å²) in [6, 6.07) is 10.6. The lowest BCUT2D eigenvalue weighted by Crippen LogP contribution is -2.08. The molecule has 1 aromatic carbocycles. The van der Waals surface area contributed by atoms with Crippen LogP contribution in [0.3, 0.4) is 0 Å². The minimum atomic E-state index is 0. The van der Waals surface area contributed by atoms with Gasteiger partial charge in [0.25, 0.3) is 0 Å². The number of hydrogen-bond acceptors (Lipinski definition) is 1. The Labute approximate surface area is 145 Å². The van der Waals surface area contributed by atoms with E-state index in [1.165, 1.54) is 11.3 Å². The van der Waals surface area contributed by atoms with Crippen LogP contribution in [-0.4, -0.2) is 6.21 Å². The van der Waals surface area contributed by atoms with E-state index < -0.39 is 0 Å². The number of nitrogens with zero attached hydrogens (tertiary/aromatic N) is 1. The van der Waals surface area contributed by atoms with Crippen LogP contribution < -0.4 is 0 Å². The van der Waals surface area contributed by atoms with Gasteiger partial charge in [-0.25, -0.2) is 0 Å². The van der Waals surface area contributed by atoms with Crippen molar-refractivity contribution in [3.63, 3.8) is 0 Å². The van der Waals surface area contributed by atoms with E-state index in [1.54, 1.807) is 0 Å². The molecule has 0 fully saturated rings. The predicted molar refractivity (Wildman–Crippen MR) is 108 cm³/mol. The van der Waals surface area contributed by atoms with Gasteiger partial charge in [-0.05, 0) is 29.2 Å². The lowest BCUT2D eigenvalue weighted by molar-refractivity contribution is 0.408. The SMILES string of the molecule is C.C.CC(C)(C)CC1=CCC=N1.CC(C)(C)Cc1ccccc1. The normalized spacial score (nSPS) is 13.2. The Bertz CT molecular complexity index is 467. The van der Waals surface area contributed by atoms with Gasteiger partial charge in [-0.2, -0.15) is 0 Å². The molecule has 0 amide bonds. The predicted octanol–water partition coefficient (Wildman–Crippen LogP) is 7.33. The number of rotatable bonds is 2. The van der Waals surface area contributed by atoms with Gasteiger partial charge in [-0.1, -0.05) is 92.8 Å². The first kappa shape index (κ1) is 23.9. The summed E-state index contributed by atoms with van der Waals surface area (Å²) in [4.78, 5) is 4.26. The van der Waals surface area contributed by atoms with Crippen molar-refractivity contribution in [2.24, 2.45) is 15.8 Å². The van der Waals surface area contributed by atoms with Crippen LogP contribution in [0, 0.1) is 10.8 Å². The maximum atomic E-state index is 4.26. The molecule has 1 nitrogen and oxygen atoms in total. The van der Waals surface area contributed by atoms with E-state index in [2.05, 4.69) is 82.9 Å². The van der Waals surface area contributed by atoms with Gasteiger partial charge in [0.2, 0.25) is 0 Å². The van der Waals surface area contributed by atoms with Gasteiger partial charge in [0.1, 0.15) is 0 Å². The Kier molecular flexibility index (Phi) is 10.8. The van der Waals surface area contributed by atoms with E-state index >= 15 is 0 Å². The van der Waals surface area contributed by atoms with Crippen molar-refractivity contribution in [2.75, 3.05) is 0 Å². The first-order valence-corrected chi connectivity index (χ1v) is 7.91. The third kappa shape index (κ3) is 12.8. The summed E-state index contributed by atoms with van der Waals surface area (Å²) in [7, 11) is 0. The topological polar surface area (TPSA) is 12.4 Å². The summed E-state index contributed by atoms with van der Waals surface area (Å²) in [6.45, 7) is 13.5. The highest BCUT2D eigenvalue weighted by Crippen LogP contribution is 2.26. The molecule has 0 aliphatic carbocycles. The second-order valence-corrected chi connectivity index (χ2v) is 8.20. The minimum Gasteiger partial charge on any atom is -0.266 e. The van der Waals surface area contributed by atoms with E-state index in [-0.39, 0.29) is 14.9 Å². The standard InChI is InChI=1S/C11H16.C9H15N.2CH4/c1-11(2,3)9-10-7-5-4-6-8-10;1-9(2,3)7-8-5-4-6-10-8;;/h4-8H,9H2,1-3H3;5-6H,4,7H2,1-3H3;2*1H4. The van der Waals surface area contributed by atoms with Gasteiger partial charge in [0, 0.05) is 18.3 Å². The third-order valence-corrected chi connectivity index (χ3v) is 3.00. The summed E-state index contributed by atoms with van der Waals surface area (Å²) < 4.78 is 0. The Morgan fingerprint density at radius 3 is 1.74 bits per heavy atom. The van der Waals surface area contributed by atoms with Crippen molar-refractivity contribution < 1.29 is 0 Å². The molecule has 0 spiro atoms. The monoisotopic (exact) mass is 317 g/mol. The molecule has 132 valence electrons. The summed E-state index contributed by atoms with van der Waals surface area (Å²) in [5, 5.41) is 0. The van der Waals surface area contributed by atoms with E-state index in [9.17, 15) is 0 Å². The van der Waals surface area contributed by atoms with Gasteiger partial charge in [-0.3, -0.25) is 4.99 Å². The second-order valence-electron chi connectivity index (χ2n) is 8.20. The first-order valence-electron chi connectivity index (χ1n) is 7.91. The molecule has 0 saturated heterocycles. The number of hydrogen-bond donors (Lipinski definition) is 0. The van der Waals surface area contributed by atoms with Crippen LogP contribution in [0.25, 0.3) is 0 Å². The Morgan fingerprint density at radius 2 is 1.35 bits per heavy atom. The van der Waals surface area contributed by atoms with Gasteiger partial charge >= 0.3 is 0 Å². The molecule has 1 heterocycles. The quantitative estimate of drug-likeness (QED) is 0.541. The van der Waals surface area contributed by atoms with E-state index in [0.29, 0.717) is 10.8 Å². The third-order valence-electron chi connectivity index (χ3n) is 3.00. The second kappa shape index (κ2) is 10.4.